The molecule has 0 fully saturated rings. The Morgan fingerprint density at radius 2 is 1.72 bits per heavy atom. The molecule has 1 aliphatic heterocycles. The first-order valence-corrected chi connectivity index (χ1v) is 14.6. The molecular weight excluding hydrogens is 560 g/mol. The summed E-state index contributed by atoms with van der Waals surface area (Å²) in [6.07, 6.45) is 0. The Morgan fingerprint density at radius 1 is 0.977 bits per heavy atom. The van der Waals surface area contributed by atoms with Crippen LogP contribution in [0.5, 0.6) is 5.75 Å². The molecule has 43 heavy (non-hydrogen) atoms. The van der Waals surface area contributed by atoms with Gasteiger partial charge in [0.2, 0.25) is 5.78 Å². The first kappa shape index (κ1) is 26.7. The molecule has 1 N–H and O–H groups in total. The van der Waals surface area contributed by atoms with Crippen molar-refractivity contribution in [2.75, 3.05) is 4.90 Å². The fourth-order valence-corrected chi connectivity index (χ4v) is 6.69. The molecular formula is C35H26N2O5S. The predicted octanol–water partition coefficient (Wildman–Crippen LogP) is 8.02. The highest BCUT2D eigenvalue weighted by Gasteiger charge is 2.46. The van der Waals surface area contributed by atoms with Gasteiger partial charge >= 0.3 is 0 Å². The summed E-state index contributed by atoms with van der Waals surface area (Å²) in [6.45, 7) is 4.38. The zero-order chi connectivity index (χ0) is 29.7. The van der Waals surface area contributed by atoms with Crippen molar-refractivity contribution in [1.82, 2.24) is 4.98 Å². The zero-order valence-electron chi connectivity index (χ0n) is 23.4. The second-order valence-corrected chi connectivity index (χ2v) is 11.6. The molecule has 0 bridgehead atoms. The average Bonchev–Trinajstić information content (AvgIpc) is 3.71. The number of aryl methyl sites for hydroxylation is 2. The van der Waals surface area contributed by atoms with Crippen LogP contribution in [0.3, 0.4) is 0 Å². The summed E-state index contributed by atoms with van der Waals surface area (Å²) in [6, 6.07) is 29.1. The average molecular weight is 587 g/mol. The van der Waals surface area contributed by atoms with Gasteiger partial charge in [-0.1, -0.05) is 78.1 Å². The first-order chi connectivity index (χ1) is 20.9. The number of ether oxygens (including phenoxy) is 1. The third kappa shape index (κ3) is 4.75. The molecule has 8 heteroatoms. The van der Waals surface area contributed by atoms with Crippen LogP contribution in [0.2, 0.25) is 0 Å². The van der Waals surface area contributed by atoms with E-state index in [-0.39, 0.29) is 11.3 Å². The van der Waals surface area contributed by atoms with E-state index in [4.69, 9.17) is 14.1 Å². The Bertz CT molecular complexity index is 2020. The van der Waals surface area contributed by atoms with Crippen LogP contribution in [0, 0.1) is 13.8 Å². The summed E-state index contributed by atoms with van der Waals surface area (Å²) >= 11 is 1.35. The summed E-state index contributed by atoms with van der Waals surface area (Å²) in [4.78, 5) is 33.9. The van der Waals surface area contributed by atoms with Crippen molar-refractivity contribution in [2.24, 2.45) is 0 Å². The number of nitrogens with zero attached hydrogens (tertiary/aromatic N) is 2. The largest absolute Gasteiger partial charge is 0.503 e. The molecule has 1 atom stereocenters. The zero-order valence-corrected chi connectivity index (χ0v) is 24.2. The van der Waals surface area contributed by atoms with Crippen LogP contribution in [-0.2, 0) is 11.4 Å². The lowest BCUT2D eigenvalue weighted by Crippen LogP contribution is -2.30. The molecule has 2 aromatic heterocycles. The highest BCUT2D eigenvalue weighted by atomic mass is 32.1. The number of anilines is 1. The lowest BCUT2D eigenvalue weighted by molar-refractivity contribution is -0.117. The standard InChI is InChI=1S/C35H26N2O5S/c1-20-16-21(2)30-28(17-20)43-35(36-30)37-31(23-12-14-25(15-13-23)41-19-22-8-4-3-5-9-22)29(33(39)34(37)40)32(38)27-18-24-10-6-7-11-26(24)42-27/h3-18,31,39H,19H2,1-2H3/t31-/m1/s1. The molecule has 1 aliphatic rings. The van der Waals surface area contributed by atoms with Gasteiger partial charge in [-0.05, 0) is 66.4 Å². The number of thiazole rings is 1. The molecule has 4 aromatic carbocycles. The maximum absolute atomic E-state index is 14.0. The first-order valence-electron chi connectivity index (χ1n) is 13.8. The van der Waals surface area contributed by atoms with E-state index in [1.807, 2.05) is 74.5 Å². The van der Waals surface area contributed by atoms with Crippen LogP contribution < -0.4 is 9.64 Å². The van der Waals surface area contributed by atoms with E-state index in [0.717, 1.165) is 32.3 Å². The van der Waals surface area contributed by atoms with Gasteiger partial charge in [0.25, 0.3) is 5.91 Å². The summed E-state index contributed by atoms with van der Waals surface area (Å²) < 4.78 is 12.8. The van der Waals surface area contributed by atoms with Gasteiger partial charge in [-0.3, -0.25) is 14.5 Å². The normalized spacial score (nSPS) is 15.2. The van der Waals surface area contributed by atoms with Gasteiger partial charge in [0, 0.05) is 5.39 Å². The van der Waals surface area contributed by atoms with Gasteiger partial charge in [0.15, 0.2) is 16.7 Å². The van der Waals surface area contributed by atoms with E-state index in [9.17, 15) is 14.7 Å². The maximum atomic E-state index is 14.0. The van der Waals surface area contributed by atoms with E-state index in [0.29, 0.717) is 28.6 Å². The van der Waals surface area contributed by atoms with Crippen LogP contribution in [-0.4, -0.2) is 21.8 Å². The highest BCUT2D eigenvalue weighted by molar-refractivity contribution is 7.22. The molecule has 6 aromatic rings. The van der Waals surface area contributed by atoms with E-state index in [1.165, 1.54) is 16.2 Å². The van der Waals surface area contributed by atoms with Gasteiger partial charge < -0.3 is 14.3 Å². The molecule has 212 valence electrons. The number of aromatic nitrogens is 1. The molecule has 0 radical (unpaired) electrons. The van der Waals surface area contributed by atoms with Crippen molar-refractivity contribution >= 4 is 49.3 Å². The maximum Gasteiger partial charge on any atom is 0.296 e. The molecule has 0 spiro atoms. The van der Waals surface area contributed by atoms with E-state index in [2.05, 4.69) is 0 Å². The fourth-order valence-electron chi connectivity index (χ4n) is 5.53. The van der Waals surface area contributed by atoms with Gasteiger partial charge in [-0.25, -0.2) is 4.98 Å². The number of hydrogen-bond acceptors (Lipinski definition) is 7. The van der Waals surface area contributed by atoms with Crippen LogP contribution in [0.1, 0.15) is 38.9 Å². The number of carbonyl (C=O) groups excluding carboxylic acids is 2. The molecule has 7 nitrogen and oxygen atoms in total. The number of fused-ring (bicyclic) bond motifs is 2. The third-order valence-electron chi connectivity index (χ3n) is 7.57. The Balaban J connectivity index is 1.30. The summed E-state index contributed by atoms with van der Waals surface area (Å²) in [7, 11) is 0. The fraction of sp³-hybridized carbons (Fsp3) is 0.114. The number of rotatable bonds is 7. The monoisotopic (exact) mass is 586 g/mol. The minimum absolute atomic E-state index is 0.0426. The smallest absolute Gasteiger partial charge is 0.296 e. The molecule has 7 rings (SSSR count). The lowest BCUT2D eigenvalue weighted by atomic mass is 9.95. The third-order valence-corrected chi connectivity index (χ3v) is 8.57. The molecule has 1 amide bonds. The number of hydrogen-bond donors (Lipinski definition) is 1. The number of amides is 1. The highest BCUT2D eigenvalue weighted by Crippen LogP contribution is 2.45. The van der Waals surface area contributed by atoms with Gasteiger partial charge in [0.05, 0.1) is 21.8 Å². The van der Waals surface area contributed by atoms with E-state index >= 15 is 0 Å². The Hall–Kier alpha value is -5.21. The van der Waals surface area contributed by atoms with Crippen LogP contribution in [0.15, 0.2) is 113 Å². The van der Waals surface area contributed by atoms with Crippen molar-refractivity contribution < 1.29 is 23.8 Å². The number of aliphatic hydroxyl groups excluding tert-OH is 1. The van der Waals surface area contributed by atoms with Gasteiger partial charge in [-0.2, -0.15) is 0 Å². The van der Waals surface area contributed by atoms with Crippen LogP contribution in [0.25, 0.3) is 21.2 Å². The minimum Gasteiger partial charge on any atom is -0.503 e. The Kier molecular flexibility index (Phi) is 6.55. The number of carbonyl (C=O) groups is 2. The van der Waals surface area contributed by atoms with Crippen molar-refractivity contribution in [2.45, 2.75) is 26.5 Å². The summed E-state index contributed by atoms with van der Waals surface area (Å²) in [5.41, 5.74) is 4.98. The molecule has 0 aliphatic carbocycles. The van der Waals surface area contributed by atoms with E-state index < -0.39 is 23.5 Å². The van der Waals surface area contributed by atoms with Crippen molar-refractivity contribution in [3.8, 4) is 5.75 Å². The van der Waals surface area contributed by atoms with Gasteiger partial charge in [-0.15, -0.1) is 0 Å². The van der Waals surface area contributed by atoms with Crippen LogP contribution in [0.4, 0.5) is 5.13 Å². The second-order valence-electron chi connectivity index (χ2n) is 10.6. The number of furan rings is 1. The number of aliphatic hydroxyl groups is 1. The molecule has 0 saturated heterocycles. The Labute approximate surface area is 251 Å². The quantitative estimate of drug-likeness (QED) is 0.190. The van der Waals surface area contributed by atoms with Gasteiger partial charge in [0.1, 0.15) is 17.9 Å². The number of Topliss-reactive ketones (excluding diaryl/α,β-unsaturated/α-hetero) is 1. The van der Waals surface area contributed by atoms with Crippen molar-refractivity contribution in [1.29, 1.82) is 0 Å². The molecule has 0 saturated carbocycles. The Morgan fingerprint density at radius 3 is 2.49 bits per heavy atom. The van der Waals surface area contributed by atoms with Crippen molar-refractivity contribution in [3.63, 3.8) is 0 Å². The summed E-state index contributed by atoms with van der Waals surface area (Å²) in [5.74, 6) is -1.20. The molecule has 0 unspecified atom stereocenters. The number of para-hydroxylation sites is 1. The lowest BCUT2D eigenvalue weighted by Gasteiger charge is -2.24. The summed E-state index contributed by atoms with van der Waals surface area (Å²) in [5, 5.41) is 12.4. The van der Waals surface area contributed by atoms with Crippen LogP contribution >= 0.6 is 11.3 Å². The molecule has 3 heterocycles. The SMILES string of the molecule is Cc1cc(C)c2nc(N3C(=O)C(O)=C(C(=O)c4cc5ccccc5o4)[C@H]3c3ccc(OCc4ccccc4)cc3)sc2c1. The second kappa shape index (κ2) is 10.6. The number of benzene rings is 4. The minimum atomic E-state index is -0.932. The number of ketones is 1. The predicted molar refractivity (Wildman–Crippen MR) is 167 cm³/mol. The van der Waals surface area contributed by atoms with Crippen molar-refractivity contribution in [3.05, 3.63) is 136 Å². The topological polar surface area (TPSA) is 92.9 Å². The van der Waals surface area contributed by atoms with E-state index in [1.54, 1.807) is 36.4 Å².